The Hall–Kier alpha value is -5.66. The molecule has 25 nitrogen and oxygen atoms in total. The predicted molar refractivity (Wildman–Crippen MR) is 408 cm³/mol. The largest absolute Gasteiger partial charge is 0.499 e. The molecule has 107 heavy (non-hydrogen) atoms. The second-order valence-corrected chi connectivity index (χ2v) is 58.1. The van der Waals surface area contributed by atoms with Crippen molar-refractivity contribution in [3.8, 4) is 0 Å². The zero-order valence-electron chi connectivity index (χ0n) is 64.9. The second kappa shape index (κ2) is 34.9. The molecule has 0 unspecified atom stereocenters. The third-order valence-corrected chi connectivity index (χ3v) is 42.0. The van der Waals surface area contributed by atoms with E-state index in [1.54, 1.807) is 6.07 Å². The number of halogens is 5. The molecule has 14 rings (SSSR count). The number of hydrogen-bond donors (Lipinski definition) is 0. The first-order valence-corrected chi connectivity index (χ1v) is 54.1. The van der Waals surface area contributed by atoms with Crippen LogP contribution < -0.4 is 39.9 Å². The van der Waals surface area contributed by atoms with Gasteiger partial charge in [-0.15, -0.1) is 0 Å². The summed E-state index contributed by atoms with van der Waals surface area (Å²) in [6.45, 7) is 31.9. The van der Waals surface area contributed by atoms with Crippen molar-refractivity contribution in [1.82, 2.24) is 51.6 Å². The van der Waals surface area contributed by atoms with Gasteiger partial charge in [0, 0.05) is 68.0 Å². The van der Waals surface area contributed by atoms with E-state index in [1.807, 2.05) is 82.9 Å². The van der Waals surface area contributed by atoms with E-state index in [0.717, 1.165) is 47.6 Å². The van der Waals surface area contributed by atoms with Crippen LogP contribution in [0.4, 0.5) is 22.0 Å². The second-order valence-electron chi connectivity index (χ2n) is 30.8. The first-order valence-electron chi connectivity index (χ1n) is 36.6. The first-order chi connectivity index (χ1) is 50.7. The van der Waals surface area contributed by atoms with Crippen LogP contribution in [0.25, 0.3) is 55.2 Å². The van der Waals surface area contributed by atoms with Crippen LogP contribution in [0.2, 0.25) is 41.8 Å². The third kappa shape index (κ3) is 17.8. The van der Waals surface area contributed by atoms with Crippen molar-refractivity contribution in [3.63, 3.8) is 0 Å². The third-order valence-electron chi connectivity index (χ3n) is 20.8. The summed E-state index contributed by atoms with van der Waals surface area (Å²) in [7, 11) is -1.15. The maximum atomic E-state index is 15.3. The van der Waals surface area contributed by atoms with Gasteiger partial charge in [-0.3, -0.25) is 0 Å². The molecule has 0 amide bonds. The molecule has 0 spiro atoms. The molecule has 4 aliphatic heterocycles. The number of unbranched alkanes of at least 4 members (excludes halogenated alkanes) is 3. The summed E-state index contributed by atoms with van der Waals surface area (Å²) in [6, 6.07) is 7.30. The van der Waals surface area contributed by atoms with Crippen LogP contribution in [-0.4, -0.2) is 194 Å². The molecule has 5 aromatic heterocycles. The standard InChI is InChI=1S/C18H25B2FN2O5.C12H13B2FN2O5.C10H13B2FN2O3.2C7H4FN2O.3C4H9.3CH3.2Sn/c1-15(2)16(3,4)25-19(24-15)10-9-11(21)12(14-13(10)22-28-23-14)20-26-17(5,6)18(7,8)27-20;15-9-7-8(13-18-3-1-4-19-13)11-12(17-22-16-11)10(9)14-20-5-2-6-21-14;1-11(2)6-5-7(13)8(12(16-3)17-4)10-9(6)14-18-15-10;2*1-4-2-5(8)3-6-7(4)10-11-9-6;3*1-3-4-2;;;;;/h9H,1-8H3;7H,1-6H2;5H,1-4H3;2*2H,1H3;3*1,3-4H2,2H3;3*1H3;;. The molecule has 0 radical (unpaired) electrons. The molecule has 0 atom stereocenters. The zero-order valence-corrected chi connectivity index (χ0v) is 70.7. The number of rotatable bonds is 19. The van der Waals surface area contributed by atoms with Crippen molar-refractivity contribution in [1.29, 1.82) is 0 Å². The summed E-state index contributed by atoms with van der Waals surface area (Å²) in [5, 5.41) is 39.0. The van der Waals surface area contributed by atoms with Crippen molar-refractivity contribution in [3.05, 3.63) is 70.5 Å². The Balaban J connectivity index is 0.000000145. The van der Waals surface area contributed by atoms with Crippen LogP contribution in [0.3, 0.4) is 0 Å². The average Bonchev–Trinajstić information content (AvgIpc) is 1.61. The SMILES string of the molecule is CC1(C)OB(c2cc(F)c(B3OC(C)(C)C(C)(C)O3)c3nonc23)OC1(C)C.CCC[CH2][Sn]([CH2]CCC)([CH2]CCC)[c]1c(F)cc(C)c2nonc12.COB(OC)c1c(F)cc(B(C)C)c2nonc12.Cc1cc(F)[c]([Sn]([CH3])([CH3])[CH3])c2nonc12.Fc1cc(B2OCCCO2)c2nonc2c1B1OCCCO1. The van der Waals surface area contributed by atoms with E-state index in [0.29, 0.717) is 70.5 Å². The summed E-state index contributed by atoms with van der Waals surface area (Å²) >= 11 is -5.41. The summed E-state index contributed by atoms with van der Waals surface area (Å²) < 4.78 is 159. The number of fused-ring (bicyclic) bond motifs is 5. The monoisotopic (exact) mass is 1700 g/mol. The molecule has 5 aromatic carbocycles. The number of hydrogen-bond acceptors (Lipinski definition) is 25. The van der Waals surface area contributed by atoms with Crippen molar-refractivity contribution in [2.75, 3.05) is 40.6 Å². The summed E-state index contributed by atoms with van der Waals surface area (Å²) in [6.07, 6.45) is 8.69. The van der Waals surface area contributed by atoms with Crippen molar-refractivity contribution >= 4 is 174 Å². The van der Waals surface area contributed by atoms with E-state index >= 15 is 8.78 Å². The van der Waals surface area contributed by atoms with Gasteiger partial charge in [0.15, 0.2) is 6.71 Å². The Bertz CT molecular complexity index is 4630. The summed E-state index contributed by atoms with van der Waals surface area (Å²) in [4.78, 5) is 6.45. The molecular formula is C69H95B6F5N10O15Sn2. The predicted octanol–water partition coefficient (Wildman–Crippen LogP) is 9.84. The molecule has 572 valence electrons. The van der Waals surface area contributed by atoms with Gasteiger partial charge in [0.25, 0.3) is 0 Å². The fourth-order valence-electron chi connectivity index (χ4n) is 13.5. The Morgan fingerprint density at radius 2 is 0.776 bits per heavy atom. The van der Waals surface area contributed by atoms with E-state index in [4.69, 9.17) is 69.7 Å². The normalized spacial score (nSPS) is 16.9. The maximum Gasteiger partial charge on any atom is 0.499 e. The van der Waals surface area contributed by atoms with Gasteiger partial charge in [-0.1, -0.05) is 44.6 Å². The van der Waals surface area contributed by atoms with Crippen LogP contribution in [0.1, 0.15) is 139 Å². The number of nitrogens with zero attached hydrogens (tertiary/aromatic N) is 10. The van der Waals surface area contributed by atoms with E-state index in [9.17, 15) is 13.2 Å². The minimum atomic E-state index is -2.90. The molecule has 4 aliphatic rings. The average molecular weight is 1700 g/mol. The van der Waals surface area contributed by atoms with Crippen LogP contribution in [0.5, 0.6) is 0 Å². The molecule has 38 heteroatoms. The smallest absolute Gasteiger partial charge is 0.407 e. The molecule has 9 heterocycles. The van der Waals surface area contributed by atoms with E-state index in [-0.39, 0.29) is 45.8 Å². The van der Waals surface area contributed by atoms with Crippen LogP contribution in [0.15, 0.2) is 53.5 Å². The Kier molecular flexibility index (Phi) is 27.4. The van der Waals surface area contributed by atoms with Gasteiger partial charge in [-0.25, -0.2) is 27.1 Å². The molecule has 0 bridgehead atoms. The molecule has 4 saturated heterocycles. The van der Waals surface area contributed by atoms with Crippen LogP contribution in [-0.2, 0) is 46.5 Å². The van der Waals surface area contributed by atoms with Crippen molar-refractivity contribution in [2.24, 2.45) is 0 Å². The van der Waals surface area contributed by atoms with E-state index in [1.165, 1.54) is 90.3 Å². The topological polar surface area (TPSA) is 287 Å². The number of aromatic nitrogens is 10. The number of aryl methyl sites for hydroxylation is 2. The minimum Gasteiger partial charge on any atom is -0.407 e. The van der Waals surface area contributed by atoms with Crippen molar-refractivity contribution in [2.45, 2.75) is 206 Å². The Morgan fingerprint density at radius 3 is 1.20 bits per heavy atom. The summed E-state index contributed by atoms with van der Waals surface area (Å²) in [5.41, 5.74) is 6.43. The van der Waals surface area contributed by atoms with Crippen molar-refractivity contribution < 1.29 is 91.6 Å². The fourth-order valence-corrected chi connectivity index (χ4v) is 34.9. The first kappa shape index (κ1) is 83.8. The minimum absolute atomic E-state index is 0.0465. The molecule has 0 aliphatic carbocycles. The van der Waals surface area contributed by atoms with Crippen LogP contribution in [0, 0.1) is 42.9 Å². The van der Waals surface area contributed by atoms with Gasteiger partial charge in [-0.05, 0) is 91.9 Å². The van der Waals surface area contributed by atoms with Crippen LogP contribution >= 0.6 is 0 Å². The summed E-state index contributed by atoms with van der Waals surface area (Å²) in [5.74, 6) is -1.67. The van der Waals surface area contributed by atoms with E-state index in [2.05, 4.69) is 87.2 Å². The van der Waals surface area contributed by atoms with Gasteiger partial charge < -0.3 is 46.5 Å². The number of benzene rings is 5. The molecule has 0 saturated carbocycles. The molecular weight excluding hydrogens is 1610 g/mol. The van der Waals surface area contributed by atoms with Gasteiger partial charge in [0.1, 0.15) is 50.6 Å². The maximum absolute atomic E-state index is 15.3. The molecule has 4 fully saturated rings. The Labute approximate surface area is 629 Å². The van der Waals surface area contributed by atoms with E-state index < -0.39 is 112 Å². The van der Waals surface area contributed by atoms with Gasteiger partial charge in [0.2, 0.25) is 0 Å². The fraction of sp³-hybridized carbons (Fsp3) is 0.565. The molecule has 10 aromatic rings. The van der Waals surface area contributed by atoms with Gasteiger partial charge in [0.05, 0.1) is 22.4 Å². The van der Waals surface area contributed by atoms with Gasteiger partial charge in [-0.2, -0.15) is 0 Å². The molecule has 0 N–H and O–H groups in total. The Morgan fingerprint density at radius 1 is 0.421 bits per heavy atom. The van der Waals surface area contributed by atoms with Gasteiger partial charge >= 0.3 is 276 Å². The zero-order chi connectivity index (χ0) is 77.7. The quantitative estimate of drug-likeness (QED) is 0.0537.